The van der Waals surface area contributed by atoms with Gasteiger partial charge in [-0.25, -0.2) is 8.78 Å². The molecule has 3 N–H and O–H groups in total. The maximum Gasteiger partial charge on any atom is 0.268 e. The third-order valence-electron chi connectivity index (χ3n) is 3.11. The smallest absolute Gasteiger partial charge is 0.268 e. The zero-order chi connectivity index (χ0) is 13.6. The van der Waals surface area contributed by atoms with Gasteiger partial charge in [0, 0.05) is 18.5 Å². The number of rotatable bonds is 2. The number of aromatic amines is 1. The summed E-state index contributed by atoms with van der Waals surface area (Å²) in [6.45, 7) is 1.42. The highest BCUT2D eigenvalue weighted by atomic mass is 35.5. The van der Waals surface area contributed by atoms with Gasteiger partial charge in [0.2, 0.25) is 0 Å². The van der Waals surface area contributed by atoms with Crippen LogP contribution < -0.4 is 10.6 Å². The lowest BCUT2D eigenvalue weighted by atomic mass is 10.2. The van der Waals surface area contributed by atoms with Gasteiger partial charge in [0.05, 0.1) is 16.6 Å². The Hall–Kier alpha value is -1.66. The highest BCUT2D eigenvalue weighted by Gasteiger charge is 2.22. The van der Waals surface area contributed by atoms with Crippen molar-refractivity contribution in [3.63, 3.8) is 0 Å². The summed E-state index contributed by atoms with van der Waals surface area (Å²) in [7, 11) is 0. The first-order valence-corrected chi connectivity index (χ1v) is 6.12. The van der Waals surface area contributed by atoms with E-state index in [2.05, 4.69) is 15.6 Å². The Balaban J connectivity index is 1.96. The molecule has 3 rings (SSSR count). The van der Waals surface area contributed by atoms with Crippen molar-refractivity contribution in [3.05, 3.63) is 34.5 Å². The molecule has 2 heterocycles. The molecule has 4 nitrogen and oxygen atoms in total. The van der Waals surface area contributed by atoms with Crippen LogP contribution in [-0.2, 0) is 0 Å². The molecule has 1 amide bonds. The third-order valence-corrected chi connectivity index (χ3v) is 3.39. The summed E-state index contributed by atoms with van der Waals surface area (Å²) in [6.07, 6.45) is 0. The van der Waals surface area contributed by atoms with Crippen molar-refractivity contribution in [2.24, 2.45) is 0 Å². The van der Waals surface area contributed by atoms with E-state index in [1.54, 1.807) is 0 Å². The van der Waals surface area contributed by atoms with Crippen LogP contribution in [0.4, 0.5) is 8.78 Å². The average molecular weight is 286 g/mol. The molecule has 1 fully saturated rings. The molecule has 0 bridgehead atoms. The van der Waals surface area contributed by atoms with E-state index in [0.29, 0.717) is 18.5 Å². The molecular weight excluding hydrogens is 276 g/mol. The first-order valence-electron chi connectivity index (χ1n) is 5.74. The van der Waals surface area contributed by atoms with E-state index in [1.165, 1.54) is 12.1 Å². The van der Waals surface area contributed by atoms with Crippen molar-refractivity contribution in [2.75, 3.05) is 13.1 Å². The van der Waals surface area contributed by atoms with E-state index in [0.717, 1.165) is 0 Å². The number of carbonyl (C=O) groups is 1. The maximum absolute atomic E-state index is 13.6. The van der Waals surface area contributed by atoms with Crippen LogP contribution in [0.15, 0.2) is 12.1 Å². The van der Waals surface area contributed by atoms with Gasteiger partial charge in [-0.3, -0.25) is 4.79 Å². The van der Waals surface area contributed by atoms with Crippen LogP contribution in [0, 0.1) is 11.6 Å². The molecule has 100 valence electrons. The molecule has 0 atom stereocenters. The molecule has 0 aliphatic carbocycles. The Labute approximate surface area is 112 Å². The quantitative estimate of drug-likeness (QED) is 0.737. The minimum atomic E-state index is -1.12. The first kappa shape index (κ1) is 12.4. The van der Waals surface area contributed by atoms with Gasteiger partial charge in [-0.15, -0.1) is 0 Å². The molecule has 2 aromatic rings. The van der Waals surface area contributed by atoms with E-state index in [4.69, 9.17) is 11.6 Å². The molecule has 1 aliphatic heterocycles. The number of nitrogens with one attached hydrogen (secondary N) is 3. The van der Waals surface area contributed by atoms with Gasteiger partial charge in [0.1, 0.15) is 5.69 Å². The van der Waals surface area contributed by atoms with Gasteiger partial charge < -0.3 is 15.6 Å². The number of hydrogen-bond donors (Lipinski definition) is 3. The lowest BCUT2D eigenvalue weighted by molar-refractivity contribution is 0.0919. The molecule has 7 heteroatoms. The van der Waals surface area contributed by atoms with Gasteiger partial charge in [0.25, 0.3) is 5.91 Å². The number of fused-ring (bicyclic) bond motifs is 1. The molecule has 0 saturated carbocycles. The van der Waals surface area contributed by atoms with E-state index in [9.17, 15) is 13.6 Å². The van der Waals surface area contributed by atoms with Gasteiger partial charge in [0.15, 0.2) is 11.6 Å². The van der Waals surface area contributed by atoms with Crippen LogP contribution in [0.3, 0.4) is 0 Å². The van der Waals surface area contributed by atoms with Crippen molar-refractivity contribution in [2.45, 2.75) is 6.04 Å². The number of hydrogen-bond acceptors (Lipinski definition) is 2. The summed E-state index contributed by atoms with van der Waals surface area (Å²) in [6, 6.07) is 2.81. The second-order valence-electron chi connectivity index (χ2n) is 4.46. The molecule has 1 saturated heterocycles. The van der Waals surface area contributed by atoms with E-state index >= 15 is 0 Å². The van der Waals surface area contributed by atoms with Gasteiger partial charge >= 0.3 is 0 Å². The zero-order valence-electron chi connectivity index (χ0n) is 9.69. The van der Waals surface area contributed by atoms with E-state index in [1.807, 2.05) is 0 Å². The van der Waals surface area contributed by atoms with E-state index in [-0.39, 0.29) is 28.2 Å². The Bertz CT molecular complexity index is 667. The van der Waals surface area contributed by atoms with Gasteiger partial charge in [-0.05, 0) is 12.1 Å². The highest BCUT2D eigenvalue weighted by Crippen LogP contribution is 2.27. The summed E-state index contributed by atoms with van der Waals surface area (Å²) < 4.78 is 27.0. The number of H-pyrrole nitrogens is 1. The number of benzene rings is 1. The van der Waals surface area contributed by atoms with E-state index < -0.39 is 11.6 Å². The second kappa shape index (κ2) is 4.47. The monoisotopic (exact) mass is 285 g/mol. The third kappa shape index (κ3) is 2.06. The normalized spacial score (nSPS) is 15.5. The number of amides is 1. The summed E-state index contributed by atoms with van der Waals surface area (Å²) in [5, 5.41) is 5.83. The molecule has 1 aliphatic rings. The molecule has 0 spiro atoms. The lowest BCUT2D eigenvalue weighted by Crippen LogP contribution is -2.56. The largest absolute Gasteiger partial charge is 0.348 e. The Morgan fingerprint density at radius 3 is 2.68 bits per heavy atom. The van der Waals surface area contributed by atoms with Crippen molar-refractivity contribution in [1.82, 2.24) is 15.6 Å². The number of carbonyl (C=O) groups excluding carboxylic acids is 1. The van der Waals surface area contributed by atoms with Crippen LogP contribution in [0.1, 0.15) is 10.5 Å². The topological polar surface area (TPSA) is 56.9 Å². The Morgan fingerprint density at radius 2 is 2.05 bits per heavy atom. The molecule has 0 radical (unpaired) electrons. The number of halogens is 3. The van der Waals surface area contributed by atoms with Crippen molar-refractivity contribution >= 4 is 28.4 Å². The van der Waals surface area contributed by atoms with Crippen LogP contribution in [0.25, 0.3) is 10.9 Å². The summed E-state index contributed by atoms with van der Waals surface area (Å²) >= 11 is 5.56. The molecule has 19 heavy (non-hydrogen) atoms. The van der Waals surface area contributed by atoms with Crippen LogP contribution >= 0.6 is 11.6 Å². The van der Waals surface area contributed by atoms with Crippen LogP contribution in [0.2, 0.25) is 5.02 Å². The predicted octanol–water partition coefficient (Wildman–Crippen LogP) is 1.80. The molecule has 0 unspecified atom stereocenters. The van der Waals surface area contributed by atoms with Crippen LogP contribution in [-0.4, -0.2) is 30.0 Å². The standard InChI is InChI=1S/C12H10ClF2N3O/c13-7-1-5-2-8(12(19)17-6-3-16-4-6)18-11(5)10(15)9(7)14/h1-2,6,16,18H,3-4H2,(H,17,19). The van der Waals surface area contributed by atoms with Gasteiger partial charge in [-0.1, -0.05) is 11.6 Å². The van der Waals surface area contributed by atoms with Crippen molar-refractivity contribution in [1.29, 1.82) is 0 Å². The zero-order valence-corrected chi connectivity index (χ0v) is 10.4. The number of aromatic nitrogens is 1. The first-order chi connectivity index (χ1) is 9.06. The minimum absolute atomic E-state index is 0.0567. The van der Waals surface area contributed by atoms with Gasteiger partial charge in [-0.2, -0.15) is 0 Å². The fourth-order valence-electron chi connectivity index (χ4n) is 1.96. The molecular formula is C12H10ClF2N3O. The lowest BCUT2D eigenvalue weighted by Gasteiger charge is -2.27. The second-order valence-corrected chi connectivity index (χ2v) is 4.87. The summed E-state index contributed by atoms with van der Waals surface area (Å²) in [5.74, 6) is -2.54. The predicted molar refractivity (Wildman–Crippen MR) is 67.3 cm³/mol. The summed E-state index contributed by atoms with van der Waals surface area (Å²) in [4.78, 5) is 14.5. The average Bonchev–Trinajstić information content (AvgIpc) is 2.74. The SMILES string of the molecule is O=C(NC1CNC1)c1cc2cc(Cl)c(F)c(F)c2[nH]1. The summed E-state index contributed by atoms with van der Waals surface area (Å²) in [5.41, 5.74) is 0.126. The van der Waals surface area contributed by atoms with Crippen LogP contribution in [0.5, 0.6) is 0 Å². The maximum atomic E-state index is 13.6. The van der Waals surface area contributed by atoms with Crippen molar-refractivity contribution < 1.29 is 13.6 Å². The molecule has 1 aromatic heterocycles. The van der Waals surface area contributed by atoms with Crippen molar-refractivity contribution in [3.8, 4) is 0 Å². The fourth-order valence-corrected chi connectivity index (χ4v) is 2.16. The highest BCUT2D eigenvalue weighted by molar-refractivity contribution is 6.31. The molecule has 1 aromatic carbocycles. The Kier molecular flexibility index (Phi) is 2.91. The Morgan fingerprint density at radius 1 is 1.32 bits per heavy atom. The minimum Gasteiger partial charge on any atom is -0.348 e. The fraction of sp³-hybridized carbons (Fsp3) is 0.250.